The lowest BCUT2D eigenvalue weighted by Gasteiger charge is -2.51. The van der Waals surface area contributed by atoms with Gasteiger partial charge in [0.25, 0.3) is 0 Å². The van der Waals surface area contributed by atoms with Gasteiger partial charge in [-0.3, -0.25) is 19.2 Å². The van der Waals surface area contributed by atoms with Crippen LogP contribution in [0.25, 0.3) is 0 Å². The van der Waals surface area contributed by atoms with Crippen molar-refractivity contribution in [3.05, 3.63) is 0 Å². The Balaban J connectivity index is 0.874. The van der Waals surface area contributed by atoms with Crippen LogP contribution in [0, 0.1) is 0 Å². The summed E-state index contributed by atoms with van der Waals surface area (Å²) in [5.41, 5.74) is 0. The minimum absolute atomic E-state index is 0.824. The Hall–Kier alpha value is -4.16. The van der Waals surface area contributed by atoms with E-state index in [1.807, 2.05) is 0 Å². The molecule has 11 heterocycles. The largest absolute Gasteiger partial charge is 0.394 e. The maximum Gasteiger partial charge on any atom is 0.217 e. The maximum atomic E-state index is 13.4. The molecule has 59 nitrogen and oxygen atoms in total. The zero-order valence-corrected chi connectivity index (χ0v) is 71.4. The quantitative estimate of drug-likeness (QED) is 0.0284. The van der Waals surface area contributed by atoms with Gasteiger partial charge in [0.1, 0.15) is 262 Å². The van der Waals surface area contributed by atoms with Crippen molar-refractivity contribution in [3.63, 3.8) is 0 Å². The smallest absolute Gasteiger partial charge is 0.217 e. The summed E-state index contributed by atoms with van der Waals surface area (Å²) in [6.45, 7) is -6.14. The van der Waals surface area contributed by atoms with Gasteiger partial charge in [-0.15, -0.1) is 0 Å². The third kappa shape index (κ3) is 24.1. The molecule has 0 spiro atoms. The summed E-state index contributed by atoms with van der Waals surface area (Å²) in [6, 6.07) is -7.82. The first-order valence-electron chi connectivity index (χ1n) is 42.5. The fraction of sp³-hybridized carbons (Fsp3) is 0.946. The lowest BCUT2D eigenvalue weighted by Crippen LogP contribution is -2.71. The van der Waals surface area contributed by atoms with Gasteiger partial charge in [-0.2, -0.15) is 0 Å². The molecule has 59 heteroatoms. The zero-order chi connectivity index (χ0) is 97.8. The Labute approximate surface area is 752 Å². The van der Waals surface area contributed by atoms with Crippen LogP contribution in [0.3, 0.4) is 0 Å². The van der Waals surface area contributed by atoms with Crippen LogP contribution in [-0.4, -0.2) is 580 Å². The Kier molecular flexibility index (Phi) is 39.1. The number of ether oxygens (including phenoxy) is 21. The van der Waals surface area contributed by atoms with E-state index in [1.165, 1.54) is 6.92 Å². The highest BCUT2D eigenvalue weighted by Gasteiger charge is 2.63. The predicted molar refractivity (Wildman–Crippen MR) is 407 cm³/mol. The summed E-state index contributed by atoms with van der Waals surface area (Å²) >= 11 is 0. The van der Waals surface area contributed by atoms with Gasteiger partial charge in [-0.1, -0.05) is 0 Å². The van der Waals surface area contributed by atoms with E-state index in [-0.39, 0.29) is 0 Å². The van der Waals surface area contributed by atoms with Crippen molar-refractivity contribution in [2.24, 2.45) is 0 Å². The van der Waals surface area contributed by atoms with Crippen molar-refractivity contribution in [1.29, 1.82) is 0 Å². The van der Waals surface area contributed by atoms with E-state index >= 15 is 0 Å². The molecule has 11 fully saturated rings. The number of hydrogen-bond acceptors (Lipinski definition) is 55. The van der Waals surface area contributed by atoms with Gasteiger partial charge in [-0.05, 0) is 6.92 Å². The molecule has 34 N–H and O–H groups in total. The molecule has 133 heavy (non-hydrogen) atoms. The molecule has 0 bridgehead atoms. The van der Waals surface area contributed by atoms with Crippen LogP contribution < -0.4 is 21.3 Å². The average molecular weight is 1950 g/mol. The Bertz CT molecular complexity index is 3630. The molecule has 0 aromatic carbocycles. The Morgan fingerprint density at radius 2 is 0.451 bits per heavy atom. The van der Waals surface area contributed by atoms with Gasteiger partial charge in [0.15, 0.2) is 69.2 Å². The van der Waals surface area contributed by atoms with Crippen LogP contribution >= 0.6 is 0 Å². The fourth-order valence-electron chi connectivity index (χ4n) is 17.3. The molecule has 11 rings (SSSR count). The highest BCUT2D eigenvalue weighted by Crippen LogP contribution is 2.42. The van der Waals surface area contributed by atoms with E-state index < -0.39 is 427 Å². The minimum atomic E-state index is -2.55. The van der Waals surface area contributed by atoms with Gasteiger partial charge in [-0.25, -0.2) is 0 Å². The predicted octanol–water partition coefficient (Wildman–Crippen LogP) is -23.4. The summed E-state index contributed by atoms with van der Waals surface area (Å²) in [5, 5.41) is 344. The number of rotatable bonds is 34. The molecule has 0 aromatic rings. The van der Waals surface area contributed by atoms with Crippen LogP contribution in [0.5, 0.6) is 0 Å². The van der Waals surface area contributed by atoms with Crippen LogP contribution in [0.2, 0.25) is 0 Å². The average Bonchev–Trinajstić information content (AvgIpc) is 0.715. The third-order valence-electron chi connectivity index (χ3n) is 24.5. The number of nitrogens with one attached hydrogen (secondary N) is 4. The van der Waals surface area contributed by atoms with Crippen molar-refractivity contribution in [3.8, 4) is 0 Å². The van der Waals surface area contributed by atoms with Gasteiger partial charge in [0, 0.05) is 27.7 Å². The van der Waals surface area contributed by atoms with Gasteiger partial charge < -0.3 is 274 Å². The third-order valence-corrected chi connectivity index (χ3v) is 24.5. The van der Waals surface area contributed by atoms with E-state index in [0.717, 1.165) is 27.7 Å². The van der Waals surface area contributed by atoms with Crippen molar-refractivity contribution >= 4 is 23.6 Å². The molecule has 4 amide bonds. The van der Waals surface area contributed by atoms with Gasteiger partial charge >= 0.3 is 0 Å². The normalized spacial score (nSPS) is 50.1. The number of aliphatic hydroxyl groups is 30. The molecular formula is C74H124N4O55. The number of amides is 4. The molecule has 55 atom stereocenters. The maximum absolute atomic E-state index is 13.4. The second-order valence-electron chi connectivity index (χ2n) is 33.8. The first-order chi connectivity index (χ1) is 62.9. The zero-order valence-electron chi connectivity index (χ0n) is 71.4. The number of carbonyl (C=O) groups is 4. The minimum Gasteiger partial charge on any atom is -0.394 e. The van der Waals surface area contributed by atoms with Crippen molar-refractivity contribution in [1.82, 2.24) is 21.3 Å². The van der Waals surface area contributed by atoms with Crippen molar-refractivity contribution in [2.75, 3.05) is 66.1 Å². The second-order valence-corrected chi connectivity index (χ2v) is 33.8. The fourth-order valence-corrected chi connectivity index (χ4v) is 17.3. The van der Waals surface area contributed by atoms with Crippen LogP contribution in [0.1, 0.15) is 34.6 Å². The molecule has 11 aliphatic heterocycles. The monoisotopic (exact) mass is 1950 g/mol. The van der Waals surface area contributed by atoms with Crippen LogP contribution in [0.4, 0.5) is 0 Å². The highest BCUT2D eigenvalue weighted by atomic mass is 16.8. The lowest BCUT2D eigenvalue weighted by molar-refractivity contribution is -0.396. The lowest BCUT2D eigenvalue weighted by atomic mass is 9.93. The summed E-state index contributed by atoms with van der Waals surface area (Å²) in [4.78, 5) is 52.1. The first kappa shape index (κ1) is 109. The van der Waals surface area contributed by atoms with E-state index in [0.29, 0.717) is 0 Å². The van der Waals surface area contributed by atoms with Crippen LogP contribution in [-0.2, 0) is 119 Å². The molecule has 0 saturated carbocycles. The summed E-state index contributed by atoms with van der Waals surface area (Å²) < 4.78 is 124. The highest BCUT2D eigenvalue weighted by molar-refractivity contribution is 5.74. The van der Waals surface area contributed by atoms with Gasteiger partial charge in [0.2, 0.25) is 23.6 Å². The standard InChI is InChI=1S/C74H124N4O55/c1-16-35(91)45(101)49(105)68(115-16)113-15-30-60(41(97)31(64(112)116-30)75-17(2)87)127-66-33(77-19(4)89)42(98)56(25(10-83)122-66)128-71-52(108)48(104)38(94)29(125-71)14-114-74-63(133-67-34(78-20(5)90)44(100)58(27(12-85)123-67)130-73-55(111)62(40(96)24(9-82)120-73)132-70-51(107)47(103)37(93)22(7-80)118-70)53(109)59(28(13-86)124-74)126-65-32(76-18(3)88)43(99)57(26(11-84)121-65)129-72-54(110)61(39(95)23(8-81)119-72)131-69-50(106)46(102)36(92)21(6-79)117-69/h16,21-74,79-86,91-112H,6-15H2,1-5H3,(H,75,87)(H,76,88)(H,77,89)(H,78,90)/t16-,21+,22+,23+,24+,25+,26+,27+,28+,29+,30+,31+,32+,33+,34+,35+,36-,37-,38+,39-,40-,41+,42+,43+,44+,45+,46-,47-,48-,49-,50+,51+,52-,53-,54+,55+,56+,57+,58+,59+,60+,61-,62-,63-,64?,65-,66-,67-,68+,69-,70-,71-,72-,73-,74-/m0/s1. The summed E-state index contributed by atoms with van der Waals surface area (Å²) in [5.74, 6) is -3.84. The van der Waals surface area contributed by atoms with E-state index in [4.69, 9.17) is 99.5 Å². The molecule has 0 aromatic heterocycles. The number of hydrogen-bond donors (Lipinski definition) is 34. The number of carbonyl (C=O) groups excluding carboxylic acids is 4. The van der Waals surface area contributed by atoms with E-state index in [1.54, 1.807) is 0 Å². The second kappa shape index (κ2) is 47.6. The van der Waals surface area contributed by atoms with E-state index in [2.05, 4.69) is 21.3 Å². The molecule has 770 valence electrons. The molecule has 1 unspecified atom stereocenters. The molecule has 0 radical (unpaired) electrons. The Morgan fingerprint density at radius 1 is 0.211 bits per heavy atom. The summed E-state index contributed by atoms with van der Waals surface area (Å²) in [7, 11) is 0. The Morgan fingerprint density at radius 3 is 0.805 bits per heavy atom. The summed E-state index contributed by atoms with van der Waals surface area (Å²) in [6.07, 6.45) is -106. The first-order valence-corrected chi connectivity index (χ1v) is 42.5. The van der Waals surface area contributed by atoms with Crippen molar-refractivity contribution in [2.45, 2.75) is 372 Å². The number of aliphatic hydroxyl groups excluding tert-OH is 30. The topological polar surface area (TPSA) is 917 Å². The molecule has 0 aliphatic carbocycles. The van der Waals surface area contributed by atoms with Crippen LogP contribution in [0.15, 0.2) is 0 Å². The van der Waals surface area contributed by atoms with E-state index in [9.17, 15) is 172 Å². The molecular weight excluding hydrogens is 1820 g/mol. The van der Waals surface area contributed by atoms with Crippen molar-refractivity contribution < 1.29 is 272 Å². The molecule has 11 aliphatic rings. The van der Waals surface area contributed by atoms with Gasteiger partial charge in [0.05, 0.1) is 72.2 Å². The SMILES string of the molecule is CC(=O)N[C@H]1[C@H](O[C@H]2[C@H](O)[C@@H](NC(C)=O)C(O)O[C@@H]2CO[C@@H]2O[C@@H](C)[C@@H](O)[C@@H](O)[C@@H]2O)O[C@H](CO)[C@@H](O[C@@H]2O[C@H](CO[C@H]3O[C@H](CO)[C@@H](O[C@@H]4O[C@H](CO)[C@@H](O[C@@H]5O[C@H](CO)[C@H](O)[C@H](O[C@@H]6O[C@H](CO)[C@H](O)[C@H](O)[C@H]6O)[C@H]5O)[C@H](O)[C@H]4NC(C)=O)[C@H](O)[C@@H]3O[C@@H]3O[C@H](CO)[C@@H](O[C@@H]4O[C@H](CO)[C@H](O)[C@H](O[C@@H]5O[C@H](CO)[C@H](O)[C@H](O)[C@H]5O)[C@H]4O)[C@H](O)[C@H]3NC(C)=O)[C@@H](O)[C@H](O)[C@@H]2O)[C@@H]1O. The molecule has 11 saturated heterocycles.